The molecule has 0 unspecified atom stereocenters. The number of nitrogens with zero attached hydrogens (tertiary/aromatic N) is 4. The molecule has 1 fully saturated rings. The van der Waals surface area contributed by atoms with Crippen molar-refractivity contribution in [3.63, 3.8) is 0 Å². The molecular weight excluding hydrogens is 276 g/mol. The van der Waals surface area contributed by atoms with Crippen molar-refractivity contribution in [2.24, 2.45) is 0 Å². The van der Waals surface area contributed by atoms with Gasteiger partial charge in [-0.2, -0.15) is 5.26 Å². The second kappa shape index (κ2) is 6.77. The molecule has 0 spiro atoms. The van der Waals surface area contributed by atoms with E-state index >= 15 is 0 Å². The molecule has 0 saturated carbocycles. The number of aromatic amines is 1. The van der Waals surface area contributed by atoms with Gasteiger partial charge >= 0.3 is 0 Å². The average Bonchev–Trinajstić information content (AvgIpc) is 2.96. The van der Waals surface area contributed by atoms with Crippen LogP contribution in [0.3, 0.4) is 0 Å². The number of likely N-dealkylation sites (N-methyl/N-ethyl adjacent to an activating group) is 1. The van der Waals surface area contributed by atoms with Crippen molar-refractivity contribution in [2.75, 3.05) is 51.6 Å². The van der Waals surface area contributed by atoms with Gasteiger partial charge in [-0.25, -0.2) is 4.98 Å². The van der Waals surface area contributed by atoms with Crippen molar-refractivity contribution < 1.29 is 0 Å². The molecule has 0 bridgehead atoms. The van der Waals surface area contributed by atoms with Crippen LogP contribution >= 0.6 is 0 Å². The zero-order valence-corrected chi connectivity index (χ0v) is 13.0. The predicted octanol–water partition coefficient (Wildman–Crippen LogP) is 1.48. The Morgan fingerprint density at radius 2 is 2.14 bits per heavy atom. The maximum absolute atomic E-state index is 9.09. The van der Waals surface area contributed by atoms with Gasteiger partial charge in [0.2, 0.25) is 5.95 Å². The number of nitrogens with one attached hydrogen (secondary N) is 2. The Kier molecular flexibility index (Phi) is 4.56. The molecule has 22 heavy (non-hydrogen) atoms. The van der Waals surface area contributed by atoms with E-state index < -0.39 is 0 Å². The standard InChI is InChI=1S/C16H22N6/c1-21-8-10-22(11-9-21)7-3-6-18-16-19-14-5-2-4-13(12-17)15(14)20-16/h2,4-5H,3,6-11H2,1H3,(H2,18,19,20). The van der Waals surface area contributed by atoms with Gasteiger partial charge in [-0.05, 0) is 32.1 Å². The molecule has 2 N–H and O–H groups in total. The molecule has 2 aromatic rings. The van der Waals surface area contributed by atoms with Crippen LogP contribution in [0.25, 0.3) is 11.0 Å². The van der Waals surface area contributed by atoms with E-state index in [1.807, 2.05) is 12.1 Å². The first-order valence-corrected chi connectivity index (χ1v) is 7.80. The van der Waals surface area contributed by atoms with Crippen LogP contribution in [0.5, 0.6) is 0 Å². The van der Waals surface area contributed by atoms with E-state index in [4.69, 9.17) is 5.26 Å². The van der Waals surface area contributed by atoms with Crippen LogP contribution in [0.15, 0.2) is 18.2 Å². The Morgan fingerprint density at radius 3 is 2.91 bits per heavy atom. The number of aromatic nitrogens is 2. The number of hydrogen-bond donors (Lipinski definition) is 2. The summed E-state index contributed by atoms with van der Waals surface area (Å²) in [5.74, 6) is 0.746. The Labute approximate surface area is 130 Å². The summed E-state index contributed by atoms with van der Waals surface area (Å²) in [6.45, 7) is 6.64. The lowest BCUT2D eigenvalue weighted by molar-refractivity contribution is 0.154. The highest BCUT2D eigenvalue weighted by molar-refractivity contribution is 5.83. The summed E-state index contributed by atoms with van der Waals surface area (Å²) in [6.07, 6.45) is 1.09. The van der Waals surface area contributed by atoms with Gasteiger partial charge in [-0.1, -0.05) is 6.07 Å². The summed E-state index contributed by atoms with van der Waals surface area (Å²) in [5, 5.41) is 12.4. The van der Waals surface area contributed by atoms with Crippen molar-refractivity contribution in [3.8, 4) is 6.07 Å². The highest BCUT2D eigenvalue weighted by Crippen LogP contribution is 2.17. The molecule has 1 aliphatic heterocycles. The van der Waals surface area contributed by atoms with E-state index in [1.165, 1.54) is 0 Å². The minimum absolute atomic E-state index is 0.610. The van der Waals surface area contributed by atoms with Crippen molar-refractivity contribution in [2.45, 2.75) is 6.42 Å². The molecule has 1 aromatic heterocycles. The first-order chi connectivity index (χ1) is 10.8. The number of fused-ring (bicyclic) bond motifs is 1. The van der Waals surface area contributed by atoms with Gasteiger partial charge in [0.25, 0.3) is 0 Å². The van der Waals surface area contributed by atoms with E-state index in [0.717, 1.165) is 62.7 Å². The van der Waals surface area contributed by atoms with E-state index in [0.29, 0.717) is 5.56 Å². The Bertz CT molecular complexity index is 663. The second-order valence-electron chi connectivity index (χ2n) is 5.82. The SMILES string of the molecule is CN1CCN(CCCNc2nc3c(C#N)cccc3[nH]2)CC1. The Hall–Kier alpha value is -2.10. The Morgan fingerprint density at radius 1 is 1.32 bits per heavy atom. The van der Waals surface area contributed by atoms with E-state index in [-0.39, 0.29) is 0 Å². The normalized spacial score (nSPS) is 16.7. The molecule has 6 heteroatoms. The molecule has 0 radical (unpaired) electrons. The second-order valence-corrected chi connectivity index (χ2v) is 5.82. The lowest BCUT2D eigenvalue weighted by Crippen LogP contribution is -2.44. The summed E-state index contributed by atoms with van der Waals surface area (Å²) in [5.41, 5.74) is 2.26. The summed E-state index contributed by atoms with van der Waals surface area (Å²) in [7, 11) is 2.18. The zero-order valence-electron chi connectivity index (χ0n) is 13.0. The topological polar surface area (TPSA) is 71.0 Å². The highest BCUT2D eigenvalue weighted by Gasteiger charge is 2.13. The van der Waals surface area contributed by atoms with Crippen LogP contribution in [0.4, 0.5) is 5.95 Å². The maximum atomic E-state index is 9.09. The van der Waals surface area contributed by atoms with Crippen molar-refractivity contribution >= 4 is 17.0 Å². The summed E-state index contributed by atoms with van der Waals surface area (Å²) < 4.78 is 0. The number of imidazole rings is 1. The number of nitriles is 1. The number of piperazine rings is 1. The van der Waals surface area contributed by atoms with Gasteiger partial charge < -0.3 is 20.1 Å². The number of hydrogen-bond acceptors (Lipinski definition) is 5. The fourth-order valence-corrected chi connectivity index (χ4v) is 2.79. The van der Waals surface area contributed by atoms with Gasteiger partial charge in [-0.3, -0.25) is 0 Å². The molecule has 1 aliphatic rings. The third kappa shape index (κ3) is 3.38. The number of para-hydroxylation sites is 1. The third-order valence-corrected chi connectivity index (χ3v) is 4.17. The number of rotatable bonds is 5. The molecule has 3 rings (SSSR count). The molecule has 2 heterocycles. The van der Waals surface area contributed by atoms with Crippen molar-refractivity contribution in [1.82, 2.24) is 19.8 Å². The molecule has 0 aliphatic carbocycles. The summed E-state index contributed by atoms with van der Waals surface area (Å²) >= 11 is 0. The van der Waals surface area contributed by atoms with Crippen LogP contribution in [-0.4, -0.2) is 66.1 Å². The van der Waals surface area contributed by atoms with E-state index in [1.54, 1.807) is 6.07 Å². The average molecular weight is 298 g/mol. The quantitative estimate of drug-likeness (QED) is 0.818. The minimum atomic E-state index is 0.610. The molecule has 0 amide bonds. The maximum Gasteiger partial charge on any atom is 0.201 e. The third-order valence-electron chi connectivity index (χ3n) is 4.17. The predicted molar refractivity (Wildman–Crippen MR) is 87.9 cm³/mol. The lowest BCUT2D eigenvalue weighted by atomic mass is 10.2. The number of anilines is 1. The van der Waals surface area contributed by atoms with Crippen LogP contribution in [0.1, 0.15) is 12.0 Å². The van der Waals surface area contributed by atoms with E-state index in [2.05, 4.69) is 38.2 Å². The molecular formula is C16H22N6. The van der Waals surface area contributed by atoms with Crippen molar-refractivity contribution in [3.05, 3.63) is 23.8 Å². The molecule has 0 atom stereocenters. The zero-order chi connectivity index (χ0) is 15.4. The first-order valence-electron chi connectivity index (χ1n) is 7.80. The summed E-state index contributed by atoms with van der Waals surface area (Å²) in [4.78, 5) is 12.6. The first kappa shape index (κ1) is 14.8. The van der Waals surface area contributed by atoms with Gasteiger partial charge in [0.15, 0.2) is 0 Å². The van der Waals surface area contributed by atoms with Gasteiger partial charge in [0.1, 0.15) is 11.6 Å². The minimum Gasteiger partial charge on any atom is -0.356 e. The van der Waals surface area contributed by atoms with Gasteiger partial charge in [0.05, 0.1) is 11.1 Å². The largest absolute Gasteiger partial charge is 0.356 e. The Balaban J connectivity index is 1.49. The van der Waals surface area contributed by atoms with Crippen LogP contribution < -0.4 is 5.32 Å². The molecule has 116 valence electrons. The molecule has 1 aromatic carbocycles. The fourth-order valence-electron chi connectivity index (χ4n) is 2.79. The number of H-pyrrole nitrogens is 1. The lowest BCUT2D eigenvalue weighted by Gasteiger charge is -2.32. The summed E-state index contributed by atoms with van der Waals surface area (Å²) in [6, 6.07) is 7.78. The van der Waals surface area contributed by atoms with Crippen LogP contribution in [0, 0.1) is 11.3 Å². The molecule has 1 saturated heterocycles. The highest BCUT2D eigenvalue weighted by atomic mass is 15.2. The number of benzene rings is 1. The molecule has 6 nitrogen and oxygen atoms in total. The van der Waals surface area contributed by atoms with E-state index in [9.17, 15) is 0 Å². The van der Waals surface area contributed by atoms with Gasteiger partial charge in [0, 0.05) is 32.7 Å². The van der Waals surface area contributed by atoms with Crippen molar-refractivity contribution in [1.29, 1.82) is 5.26 Å². The fraction of sp³-hybridized carbons (Fsp3) is 0.500. The van der Waals surface area contributed by atoms with Gasteiger partial charge in [-0.15, -0.1) is 0 Å². The van der Waals surface area contributed by atoms with Crippen LogP contribution in [0.2, 0.25) is 0 Å². The van der Waals surface area contributed by atoms with Crippen LogP contribution in [-0.2, 0) is 0 Å². The smallest absolute Gasteiger partial charge is 0.201 e. The monoisotopic (exact) mass is 298 g/mol.